The smallest absolute Gasteiger partial charge is 0.119 e. The van der Waals surface area contributed by atoms with E-state index < -0.39 is 0 Å². The van der Waals surface area contributed by atoms with Crippen molar-refractivity contribution >= 4 is 11.4 Å². The number of pyridine rings is 1. The molecule has 0 N–H and O–H groups in total. The Balaban J connectivity index is 1.84. The van der Waals surface area contributed by atoms with Crippen LogP contribution in [0.3, 0.4) is 0 Å². The van der Waals surface area contributed by atoms with Gasteiger partial charge in [-0.05, 0) is 49.7 Å². The number of aromatic nitrogens is 1. The molecule has 0 saturated heterocycles. The summed E-state index contributed by atoms with van der Waals surface area (Å²) >= 11 is 0. The molecule has 0 fully saturated rings. The maximum Gasteiger partial charge on any atom is 0.119 e. The average molecular weight is 309 g/mol. The van der Waals surface area contributed by atoms with Gasteiger partial charge in [-0.1, -0.05) is 13.3 Å². The van der Waals surface area contributed by atoms with E-state index in [1.165, 1.54) is 0 Å². The van der Waals surface area contributed by atoms with Gasteiger partial charge in [0.1, 0.15) is 5.75 Å². The molecule has 120 valence electrons. The first-order valence-corrected chi connectivity index (χ1v) is 8.31. The van der Waals surface area contributed by atoms with E-state index in [-0.39, 0.29) is 0 Å². The van der Waals surface area contributed by atoms with Crippen molar-refractivity contribution in [3.63, 3.8) is 0 Å². The molecule has 2 heterocycles. The molecule has 1 aromatic carbocycles. The highest BCUT2D eigenvalue weighted by Gasteiger charge is 2.27. The van der Waals surface area contributed by atoms with Crippen LogP contribution in [0.25, 0.3) is 0 Å². The molecule has 1 aliphatic heterocycles. The Morgan fingerprint density at radius 1 is 1.17 bits per heavy atom. The Bertz CT molecular complexity index is 652. The van der Waals surface area contributed by atoms with Gasteiger partial charge in [-0.25, -0.2) is 0 Å². The van der Waals surface area contributed by atoms with Gasteiger partial charge in [0.25, 0.3) is 0 Å². The maximum atomic E-state index is 5.51. The molecule has 0 radical (unpaired) electrons. The van der Waals surface area contributed by atoms with Crippen LogP contribution in [0.4, 0.5) is 5.69 Å². The minimum absolute atomic E-state index is 0.454. The van der Waals surface area contributed by atoms with Crippen molar-refractivity contribution in [3.8, 4) is 5.75 Å². The van der Waals surface area contributed by atoms with E-state index in [4.69, 9.17) is 9.84 Å². The number of anilines is 1. The number of hydrazone groups is 1. The van der Waals surface area contributed by atoms with Crippen LogP contribution in [0.5, 0.6) is 5.75 Å². The lowest BCUT2D eigenvalue weighted by atomic mass is 9.94. The van der Waals surface area contributed by atoms with Gasteiger partial charge >= 0.3 is 0 Å². The van der Waals surface area contributed by atoms with Crippen molar-refractivity contribution in [2.45, 2.75) is 26.7 Å². The van der Waals surface area contributed by atoms with Crippen LogP contribution in [0.2, 0.25) is 0 Å². The second-order valence-electron chi connectivity index (χ2n) is 5.72. The minimum Gasteiger partial charge on any atom is -0.494 e. The monoisotopic (exact) mass is 309 g/mol. The minimum atomic E-state index is 0.454. The van der Waals surface area contributed by atoms with Crippen molar-refractivity contribution in [1.29, 1.82) is 0 Å². The summed E-state index contributed by atoms with van der Waals surface area (Å²) in [6, 6.07) is 12.2. The van der Waals surface area contributed by atoms with Crippen molar-refractivity contribution in [2.24, 2.45) is 11.0 Å². The van der Waals surface area contributed by atoms with Crippen LogP contribution in [0.1, 0.15) is 32.3 Å². The van der Waals surface area contributed by atoms with Gasteiger partial charge in [-0.15, -0.1) is 0 Å². The van der Waals surface area contributed by atoms with E-state index in [2.05, 4.69) is 35.1 Å². The second-order valence-corrected chi connectivity index (χ2v) is 5.72. The lowest BCUT2D eigenvalue weighted by Crippen LogP contribution is -2.19. The number of ether oxygens (including phenoxy) is 1. The Hall–Kier alpha value is -2.36. The number of hydrogen-bond acceptors (Lipinski definition) is 4. The summed E-state index contributed by atoms with van der Waals surface area (Å²) in [5.41, 5.74) is 3.38. The van der Waals surface area contributed by atoms with Crippen molar-refractivity contribution < 1.29 is 4.74 Å². The molecule has 0 bridgehead atoms. The van der Waals surface area contributed by atoms with E-state index in [9.17, 15) is 0 Å². The van der Waals surface area contributed by atoms with E-state index in [1.807, 2.05) is 31.3 Å². The molecule has 2 aromatic rings. The van der Waals surface area contributed by atoms with E-state index in [0.717, 1.165) is 42.1 Å². The molecule has 0 amide bonds. The first-order chi connectivity index (χ1) is 11.3. The van der Waals surface area contributed by atoms with Crippen LogP contribution in [-0.4, -0.2) is 23.8 Å². The fourth-order valence-electron chi connectivity index (χ4n) is 2.98. The van der Waals surface area contributed by atoms with Crippen molar-refractivity contribution in [2.75, 3.05) is 18.2 Å². The van der Waals surface area contributed by atoms with Gasteiger partial charge in [0, 0.05) is 23.9 Å². The highest BCUT2D eigenvalue weighted by atomic mass is 16.5. The topological polar surface area (TPSA) is 37.7 Å². The zero-order valence-electron chi connectivity index (χ0n) is 13.8. The number of hydrogen-bond donors (Lipinski definition) is 0. The Kier molecular flexibility index (Phi) is 4.91. The summed E-state index contributed by atoms with van der Waals surface area (Å²) in [4.78, 5) is 4.24. The van der Waals surface area contributed by atoms with E-state index >= 15 is 0 Å². The molecule has 1 atom stereocenters. The summed E-state index contributed by atoms with van der Waals surface area (Å²) in [5.74, 6) is 1.35. The molecule has 1 aliphatic rings. The molecule has 0 saturated carbocycles. The third-order valence-electron chi connectivity index (χ3n) is 4.05. The normalized spacial score (nSPS) is 17.2. The SMILES string of the molecule is CCCC1CN(c2ccc(OCC)cc2)N=C1c1cccnc1. The first kappa shape index (κ1) is 15.5. The molecule has 0 aliphatic carbocycles. The summed E-state index contributed by atoms with van der Waals surface area (Å²) in [5, 5.41) is 6.97. The third kappa shape index (κ3) is 3.52. The Morgan fingerprint density at radius 2 is 2.00 bits per heavy atom. The van der Waals surface area contributed by atoms with Gasteiger partial charge in [0.2, 0.25) is 0 Å². The lowest BCUT2D eigenvalue weighted by Gasteiger charge is -2.16. The quantitative estimate of drug-likeness (QED) is 0.805. The van der Waals surface area contributed by atoms with Crippen molar-refractivity contribution in [1.82, 2.24) is 4.98 Å². The zero-order chi connectivity index (χ0) is 16.1. The summed E-state index contributed by atoms with van der Waals surface area (Å²) in [7, 11) is 0. The zero-order valence-corrected chi connectivity index (χ0v) is 13.8. The predicted octanol–water partition coefficient (Wildman–Crippen LogP) is 4.12. The fourth-order valence-corrected chi connectivity index (χ4v) is 2.98. The Morgan fingerprint density at radius 3 is 2.65 bits per heavy atom. The fraction of sp³-hybridized carbons (Fsp3) is 0.368. The molecule has 1 unspecified atom stereocenters. The molecular formula is C19H23N3O. The molecule has 4 heteroatoms. The van der Waals surface area contributed by atoms with Crippen LogP contribution in [0.15, 0.2) is 53.9 Å². The second kappa shape index (κ2) is 7.27. The molecule has 23 heavy (non-hydrogen) atoms. The molecule has 0 spiro atoms. The van der Waals surface area contributed by atoms with Gasteiger partial charge in [0.05, 0.1) is 24.6 Å². The van der Waals surface area contributed by atoms with Crippen molar-refractivity contribution in [3.05, 3.63) is 54.4 Å². The predicted molar refractivity (Wildman–Crippen MR) is 94.1 cm³/mol. The summed E-state index contributed by atoms with van der Waals surface area (Å²) < 4.78 is 5.51. The highest BCUT2D eigenvalue weighted by Crippen LogP contribution is 2.28. The van der Waals surface area contributed by atoms with E-state index in [0.29, 0.717) is 12.5 Å². The van der Waals surface area contributed by atoms with Crippen LogP contribution in [-0.2, 0) is 0 Å². The Labute approximate surface area is 137 Å². The maximum absolute atomic E-state index is 5.51. The average Bonchev–Trinajstić information content (AvgIpc) is 3.01. The lowest BCUT2D eigenvalue weighted by molar-refractivity contribution is 0.340. The summed E-state index contributed by atoms with van der Waals surface area (Å²) in [6.07, 6.45) is 6.00. The standard InChI is InChI=1S/C19H23N3O/c1-3-6-16-14-22(17-8-10-18(11-9-17)23-4-2)21-19(16)15-7-5-12-20-13-15/h5,7-13,16H,3-4,6,14H2,1-2H3. The first-order valence-electron chi connectivity index (χ1n) is 8.31. The van der Waals surface area contributed by atoms with Gasteiger partial charge in [-0.3, -0.25) is 9.99 Å². The molecule has 4 nitrogen and oxygen atoms in total. The molecule has 3 rings (SSSR count). The van der Waals surface area contributed by atoms with Gasteiger partial charge < -0.3 is 4.74 Å². The van der Waals surface area contributed by atoms with Crippen LogP contribution >= 0.6 is 0 Å². The largest absolute Gasteiger partial charge is 0.494 e. The van der Waals surface area contributed by atoms with Gasteiger partial charge in [0.15, 0.2) is 0 Å². The molecular weight excluding hydrogens is 286 g/mol. The number of benzene rings is 1. The summed E-state index contributed by atoms with van der Waals surface area (Å²) in [6.45, 7) is 5.82. The van der Waals surface area contributed by atoms with E-state index in [1.54, 1.807) is 6.20 Å². The van der Waals surface area contributed by atoms with Crippen LogP contribution in [0, 0.1) is 5.92 Å². The molecule has 1 aromatic heterocycles. The number of nitrogens with zero attached hydrogens (tertiary/aromatic N) is 3. The highest BCUT2D eigenvalue weighted by molar-refractivity contribution is 6.04. The van der Waals surface area contributed by atoms with Gasteiger partial charge in [-0.2, -0.15) is 5.10 Å². The number of rotatable bonds is 6. The van der Waals surface area contributed by atoms with Crippen LogP contribution < -0.4 is 9.75 Å². The third-order valence-corrected chi connectivity index (χ3v) is 4.05.